The number of aromatic nitrogens is 2. The van der Waals surface area contributed by atoms with Gasteiger partial charge in [-0.05, 0) is 52.3 Å². The molecule has 0 unspecified atom stereocenters. The van der Waals surface area contributed by atoms with Crippen LogP contribution < -0.4 is 5.32 Å². The molecular formula is C17H25N3O. The molecule has 0 aliphatic heterocycles. The zero-order valence-electron chi connectivity index (χ0n) is 13.6. The van der Waals surface area contributed by atoms with Crippen LogP contribution in [0, 0.1) is 13.8 Å². The van der Waals surface area contributed by atoms with E-state index in [4.69, 9.17) is 0 Å². The standard InChI is InChI=1S/C17H25N3O/c1-12-16(10-18-17(3,4)5)13(2)20(19-12)11-14-7-6-8-15(21)9-14/h6-9,18,21H,10-11H2,1-5H3. The molecule has 4 nitrogen and oxygen atoms in total. The summed E-state index contributed by atoms with van der Waals surface area (Å²) in [5.41, 5.74) is 4.63. The van der Waals surface area contributed by atoms with Crippen molar-refractivity contribution >= 4 is 0 Å². The fourth-order valence-electron chi connectivity index (χ4n) is 2.33. The fourth-order valence-corrected chi connectivity index (χ4v) is 2.33. The molecule has 0 radical (unpaired) electrons. The van der Waals surface area contributed by atoms with E-state index in [2.05, 4.69) is 38.1 Å². The largest absolute Gasteiger partial charge is 0.508 e. The molecule has 1 aromatic carbocycles. The highest BCUT2D eigenvalue weighted by Crippen LogP contribution is 2.17. The van der Waals surface area contributed by atoms with E-state index in [1.165, 1.54) is 11.3 Å². The summed E-state index contributed by atoms with van der Waals surface area (Å²) in [6.07, 6.45) is 0. The molecule has 0 spiro atoms. The molecule has 0 aliphatic rings. The van der Waals surface area contributed by atoms with Crippen LogP contribution in [0.1, 0.15) is 43.3 Å². The molecule has 4 heteroatoms. The van der Waals surface area contributed by atoms with Gasteiger partial charge in [0, 0.05) is 23.3 Å². The number of aromatic hydroxyl groups is 1. The Balaban J connectivity index is 2.19. The SMILES string of the molecule is Cc1nn(Cc2cccc(O)c2)c(C)c1CNC(C)(C)C. The first-order valence-electron chi connectivity index (χ1n) is 7.32. The Hall–Kier alpha value is -1.81. The van der Waals surface area contributed by atoms with E-state index < -0.39 is 0 Å². The lowest BCUT2D eigenvalue weighted by Gasteiger charge is -2.20. The number of hydrogen-bond acceptors (Lipinski definition) is 3. The van der Waals surface area contributed by atoms with Crippen molar-refractivity contribution < 1.29 is 5.11 Å². The maximum atomic E-state index is 9.55. The number of aryl methyl sites for hydroxylation is 1. The highest BCUT2D eigenvalue weighted by molar-refractivity contribution is 5.29. The van der Waals surface area contributed by atoms with E-state index in [0.29, 0.717) is 12.3 Å². The Morgan fingerprint density at radius 2 is 1.95 bits per heavy atom. The average Bonchev–Trinajstić information content (AvgIpc) is 2.61. The molecular weight excluding hydrogens is 262 g/mol. The summed E-state index contributed by atoms with van der Waals surface area (Å²) in [5, 5.41) is 17.7. The van der Waals surface area contributed by atoms with Crippen molar-refractivity contribution in [3.8, 4) is 5.75 Å². The van der Waals surface area contributed by atoms with Crippen LogP contribution in [0.4, 0.5) is 0 Å². The molecule has 0 fully saturated rings. The summed E-state index contributed by atoms with van der Waals surface area (Å²) in [5.74, 6) is 0.295. The molecule has 0 saturated heterocycles. The van der Waals surface area contributed by atoms with Crippen molar-refractivity contribution in [2.24, 2.45) is 0 Å². The lowest BCUT2D eigenvalue weighted by Crippen LogP contribution is -2.35. The van der Waals surface area contributed by atoms with Gasteiger partial charge in [-0.2, -0.15) is 5.10 Å². The molecule has 1 heterocycles. The Morgan fingerprint density at radius 1 is 1.24 bits per heavy atom. The predicted octanol–water partition coefficient (Wildman–Crippen LogP) is 3.14. The number of rotatable bonds is 4. The topological polar surface area (TPSA) is 50.1 Å². The Kier molecular flexibility index (Phi) is 4.37. The van der Waals surface area contributed by atoms with Crippen molar-refractivity contribution in [1.29, 1.82) is 0 Å². The van der Waals surface area contributed by atoms with Crippen LogP contribution in [0.5, 0.6) is 5.75 Å². The van der Waals surface area contributed by atoms with Crippen LogP contribution in [0.25, 0.3) is 0 Å². The van der Waals surface area contributed by atoms with Gasteiger partial charge in [0.25, 0.3) is 0 Å². The number of benzene rings is 1. The van der Waals surface area contributed by atoms with Crippen molar-refractivity contribution in [3.63, 3.8) is 0 Å². The van der Waals surface area contributed by atoms with Gasteiger partial charge in [0.05, 0.1) is 12.2 Å². The van der Waals surface area contributed by atoms with Crippen molar-refractivity contribution in [2.75, 3.05) is 0 Å². The quantitative estimate of drug-likeness (QED) is 0.908. The molecule has 0 aliphatic carbocycles. The van der Waals surface area contributed by atoms with Gasteiger partial charge in [0.1, 0.15) is 5.75 Å². The lowest BCUT2D eigenvalue weighted by molar-refractivity contribution is 0.423. The zero-order valence-corrected chi connectivity index (χ0v) is 13.6. The number of nitrogens with one attached hydrogen (secondary N) is 1. The van der Waals surface area contributed by atoms with Gasteiger partial charge < -0.3 is 10.4 Å². The summed E-state index contributed by atoms with van der Waals surface area (Å²) in [7, 11) is 0. The maximum absolute atomic E-state index is 9.55. The summed E-state index contributed by atoms with van der Waals surface area (Å²) in [6, 6.07) is 7.33. The summed E-state index contributed by atoms with van der Waals surface area (Å²) >= 11 is 0. The Labute approximate surface area is 126 Å². The first-order valence-corrected chi connectivity index (χ1v) is 7.32. The summed E-state index contributed by atoms with van der Waals surface area (Å²) in [4.78, 5) is 0. The highest BCUT2D eigenvalue weighted by Gasteiger charge is 2.15. The van der Waals surface area contributed by atoms with E-state index in [1.54, 1.807) is 12.1 Å². The highest BCUT2D eigenvalue weighted by atomic mass is 16.3. The van der Waals surface area contributed by atoms with Crippen molar-refractivity contribution in [3.05, 3.63) is 46.8 Å². The Morgan fingerprint density at radius 3 is 2.57 bits per heavy atom. The van der Waals surface area contributed by atoms with Gasteiger partial charge in [-0.25, -0.2) is 0 Å². The van der Waals surface area contributed by atoms with E-state index in [-0.39, 0.29) is 5.54 Å². The minimum absolute atomic E-state index is 0.0895. The van der Waals surface area contributed by atoms with E-state index in [9.17, 15) is 5.11 Å². The van der Waals surface area contributed by atoms with E-state index in [1.807, 2.05) is 23.7 Å². The van der Waals surface area contributed by atoms with Crippen LogP contribution in [-0.4, -0.2) is 20.4 Å². The molecule has 2 aromatic rings. The second-order valence-electron chi connectivity index (χ2n) is 6.58. The minimum Gasteiger partial charge on any atom is -0.508 e. The van der Waals surface area contributed by atoms with Crippen LogP contribution in [-0.2, 0) is 13.1 Å². The third-order valence-electron chi connectivity index (χ3n) is 3.57. The maximum Gasteiger partial charge on any atom is 0.115 e. The molecule has 114 valence electrons. The average molecular weight is 287 g/mol. The molecule has 2 N–H and O–H groups in total. The second-order valence-corrected chi connectivity index (χ2v) is 6.58. The zero-order chi connectivity index (χ0) is 15.6. The van der Waals surface area contributed by atoms with Crippen molar-refractivity contribution in [2.45, 2.75) is 53.2 Å². The van der Waals surface area contributed by atoms with Crippen molar-refractivity contribution in [1.82, 2.24) is 15.1 Å². The van der Waals surface area contributed by atoms with Gasteiger partial charge in [-0.1, -0.05) is 12.1 Å². The molecule has 0 bridgehead atoms. The third-order valence-corrected chi connectivity index (χ3v) is 3.57. The van der Waals surface area contributed by atoms with Gasteiger partial charge in [0.2, 0.25) is 0 Å². The minimum atomic E-state index is 0.0895. The molecule has 1 aromatic heterocycles. The lowest BCUT2D eigenvalue weighted by atomic mass is 10.1. The molecule has 2 rings (SSSR count). The number of phenols is 1. The van der Waals surface area contributed by atoms with Crippen LogP contribution in [0.2, 0.25) is 0 Å². The fraction of sp³-hybridized carbons (Fsp3) is 0.471. The first kappa shape index (κ1) is 15.6. The summed E-state index contributed by atoms with van der Waals surface area (Å²) in [6.45, 7) is 12.1. The van der Waals surface area contributed by atoms with E-state index >= 15 is 0 Å². The third kappa shape index (κ3) is 4.08. The second kappa shape index (κ2) is 5.90. The smallest absolute Gasteiger partial charge is 0.115 e. The number of hydrogen-bond donors (Lipinski definition) is 2. The Bertz CT molecular complexity index is 623. The van der Waals surface area contributed by atoms with Gasteiger partial charge in [-0.3, -0.25) is 4.68 Å². The monoisotopic (exact) mass is 287 g/mol. The molecule has 0 amide bonds. The first-order chi connectivity index (χ1) is 9.76. The van der Waals surface area contributed by atoms with Crippen LogP contribution >= 0.6 is 0 Å². The number of nitrogens with zero attached hydrogens (tertiary/aromatic N) is 2. The molecule has 0 atom stereocenters. The molecule has 0 saturated carbocycles. The summed E-state index contributed by atoms with van der Waals surface area (Å²) < 4.78 is 2.00. The van der Waals surface area contributed by atoms with Crippen LogP contribution in [0.3, 0.4) is 0 Å². The predicted molar refractivity (Wildman–Crippen MR) is 85.5 cm³/mol. The number of phenolic OH excluding ortho intramolecular Hbond substituents is 1. The molecule has 21 heavy (non-hydrogen) atoms. The van der Waals surface area contributed by atoms with Crippen LogP contribution in [0.15, 0.2) is 24.3 Å². The van der Waals surface area contributed by atoms with Gasteiger partial charge >= 0.3 is 0 Å². The van der Waals surface area contributed by atoms with Gasteiger partial charge in [-0.15, -0.1) is 0 Å². The van der Waals surface area contributed by atoms with Gasteiger partial charge in [0.15, 0.2) is 0 Å². The van der Waals surface area contributed by atoms with E-state index in [0.717, 1.165) is 17.8 Å². The normalized spacial score (nSPS) is 11.9.